The molecule has 2 aromatic rings. The molecular formula is C18H15Cl2NO3. The number of hydrogen-bond acceptors (Lipinski definition) is 3. The van der Waals surface area contributed by atoms with Crippen molar-refractivity contribution in [3.8, 4) is 0 Å². The van der Waals surface area contributed by atoms with Gasteiger partial charge in [0.05, 0.1) is 11.6 Å². The third-order valence-electron chi connectivity index (χ3n) is 3.97. The molecule has 1 amide bonds. The normalized spacial score (nSPS) is 17.6. The van der Waals surface area contributed by atoms with E-state index in [4.69, 9.17) is 27.9 Å². The fraction of sp³-hybridized carbons (Fsp3) is 0.222. The first-order chi connectivity index (χ1) is 11.5. The summed E-state index contributed by atoms with van der Waals surface area (Å²) in [5.74, 6) is -0.828. The molecule has 2 aromatic carbocycles. The van der Waals surface area contributed by atoms with E-state index in [-0.39, 0.29) is 11.9 Å². The number of hydrogen-bond donors (Lipinski definition) is 1. The molecule has 0 saturated heterocycles. The van der Waals surface area contributed by atoms with Crippen LogP contribution in [0, 0.1) is 0 Å². The van der Waals surface area contributed by atoms with Gasteiger partial charge < -0.3 is 10.1 Å². The zero-order valence-corrected chi connectivity index (χ0v) is 14.4. The highest BCUT2D eigenvalue weighted by Crippen LogP contribution is 2.27. The Bertz CT molecular complexity index is 807. The molecule has 0 bridgehead atoms. The van der Waals surface area contributed by atoms with Gasteiger partial charge in [-0.05, 0) is 36.2 Å². The van der Waals surface area contributed by atoms with Gasteiger partial charge in [-0.2, -0.15) is 0 Å². The van der Waals surface area contributed by atoms with Crippen LogP contribution in [0.25, 0.3) is 0 Å². The Hall–Kier alpha value is -2.04. The maximum Gasteiger partial charge on any atom is 0.339 e. The maximum atomic E-state index is 12.5. The highest BCUT2D eigenvalue weighted by Gasteiger charge is 2.31. The molecule has 124 valence electrons. The van der Waals surface area contributed by atoms with E-state index in [1.807, 2.05) is 19.1 Å². The molecule has 0 aromatic heterocycles. The topological polar surface area (TPSA) is 55.4 Å². The predicted octanol–water partition coefficient (Wildman–Crippen LogP) is 3.95. The van der Waals surface area contributed by atoms with Crippen molar-refractivity contribution in [1.82, 2.24) is 5.32 Å². The Labute approximate surface area is 149 Å². The van der Waals surface area contributed by atoms with E-state index >= 15 is 0 Å². The number of halogens is 2. The molecule has 0 fully saturated rings. The van der Waals surface area contributed by atoms with Crippen molar-refractivity contribution in [2.45, 2.75) is 25.5 Å². The molecule has 4 nitrogen and oxygen atoms in total. The quantitative estimate of drug-likeness (QED) is 0.839. The SMILES string of the molecule is CC(NC(=O)C1Cc2ccccc2C(=O)O1)c1ccc(Cl)cc1Cl. The van der Waals surface area contributed by atoms with Gasteiger partial charge in [-0.3, -0.25) is 4.79 Å². The lowest BCUT2D eigenvalue weighted by Crippen LogP contribution is -2.42. The molecule has 3 rings (SSSR count). The number of carbonyl (C=O) groups is 2. The Morgan fingerprint density at radius 2 is 2.00 bits per heavy atom. The molecule has 24 heavy (non-hydrogen) atoms. The van der Waals surface area contributed by atoms with E-state index in [0.717, 1.165) is 11.1 Å². The van der Waals surface area contributed by atoms with Gasteiger partial charge in [0.15, 0.2) is 6.10 Å². The lowest BCUT2D eigenvalue weighted by molar-refractivity contribution is -0.131. The largest absolute Gasteiger partial charge is 0.448 e. The van der Waals surface area contributed by atoms with Crippen LogP contribution >= 0.6 is 23.2 Å². The second-order valence-electron chi connectivity index (χ2n) is 5.65. The molecule has 0 saturated carbocycles. The van der Waals surface area contributed by atoms with Crippen LogP contribution in [0.3, 0.4) is 0 Å². The van der Waals surface area contributed by atoms with Gasteiger partial charge in [0.2, 0.25) is 0 Å². The summed E-state index contributed by atoms with van der Waals surface area (Å²) < 4.78 is 5.26. The van der Waals surface area contributed by atoms with Crippen molar-refractivity contribution in [3.63, 3.8) is 0 Å². The van der Waals surface area contributed by atoms with Gasteiger partial charge >= 0.3 is 5.97 Å². The van der Waals surface area contributed by atoms with Crippen LogP contribution in [-0.2, 0) is 16.0 Å². The lowest BCUT2D eigenvalue weighted by Gasteiger charge is -2.25. The fourth-order valence-corrected chi connectivity index (χ4v) is 3.29. The van der Waals surface area contributed by atoms with Gasteiger partial charge in [0.1, 0.15) is 0 Å². The summed E-state index contributed by atoms with van der Waals surface area (Å²) in [6, 6.07) is 11.9. The Morgan fingerprint density at radius 3 is 2.75 bits per heavy atom. The Morgan fingerprint density at radius 1 is 1.25 bits per heavy atom. The second kappa shape index (κ2) is 6.83. The van der Waals surface area contributed by atoms with Crippen LogP contribution in [0.2, 0.25) is 10.0 Å². The van der Waals surface area contributed by atoms with E-state index < -0.39 is 12.1 Å². The summed E-state index contributed by atoms with van der Waals surface area (Å²) in [5.41, 5.74) is 2.07. The van der Waals surface area contributed by atoms with E-state index in [1.54, 1.807) is 30.3 Å². The van der Waals surface area contributed by atoms with Gasteiger partial charge in [-0.1, -0.05) is 47.5 Å². The Kier molecular flexibility index (Phi) is 4.78. The zero-order valence-electron chi connectivity index (χ0n) is 12.9. The average Bonchev–Trinajstić information content (AvgIpc) is 2.54. The molecule has 6 heteroatoms. The molecule has 2 unspecified atom stereocenters. The maximum absolute atomic E-state index is 12.5. The van der Waals surface area contributed by atoms with Gasteiger partial charge in [0.25, 0.3) is 5.91 Å². The zero-order chi connectivity index (χ0) is 17.3. The van der Waals surface area contributed by atoms with Gasteiger partial charge in [0, 0.05) is 16.5 Å². The first-order valence-corrected chi connectivity index (χ1v) is 8.25. The number of cyclic esters (lactones) is 1. The van der Waals surface area contributed by atoms with Crippen molar-refractivity contribution in [2.75, 3.05) is 0 Å². The van der Waals surface area contributed by atoms with Crippen LogP contribution in [0.5, 0.6) is 0 Å². The summed E-state index contributed by atoms with van der Waals surface area (Å²) in [5, 5.41) is 3.84. The standard InChI is InChI=1S/C18H15Cl2NO3/c1-10(13-7-6-12(19)9-15(13)20)21-17(22)16-8-11-4-2-3-5-14(11)18(23)24-16/h2-7,9-10,16H,8H2,1H3,(H,21,22). The van der Waals surface area contributed by atoms with Crippen molar-refractivity contribution in [2.24, 2.45) is 0 Å². The third kappa shape index (κ3) is 3.40. The van der Waals surface area contributed by atoms with Crippen molar-refractivity contribution < 1.29 is 14.3 Å². The van der Waals surface area contributed by atoms with Gasteiger partial charge in [-0.25, -0.2) is 4.79 Å². The number of carbonyl (C=O) groups excluding carboxylic acids is 2. The highest BCUT2D eigenvalue weighted by atomic mass is 35.5. The number of ether oxygens (including phenoxy) is 1. The molecular weight excluding hydrogens is 349 g/mol. The molecule has 0 radical (unpaired) electrons. The van der Waals surface area contributed by atoms with E-state index in [0.29, 0.717) is 22.0 Å². The first-order valence-electron chi connectivity index (χ1n) is 7.50. The van der Waals surface area contributed by atoms with Crippen LogP contribution in [0.15, 0.2) is 42.5 Å². The molecule has 1 heterocycles. The summed E-state index contributed by atoms with van der Waals surface area (Å²) in [6.45, 7) is 1.81. The smallest absolute Gasteiger partial charge is 0.339 e. The van der Waals surface area contributed by atoms with Crippen LogP contribution in [0.4, 0.5) is 0 Å². The fourth-order valence-electron chi connectivity index (χ4n) is 2.71. The highest BCUT2D eigenvalue weighted by molar-refractivity contribution is 6.35. The molecule has 1 N–H and O–H groups in total. The van der Waals surface area contributed by atoms with E-state index in [1.165, 1.54) is 0 Å². The van der Waals surface area contributed by atoms with Crippen LogP contribution in [-0.4, -0.2) is 18.0 Å². The van der Waals surface area contributed by atoms with E-state index in [2.05, 4.69) is 5.32 Å². The van der Waals surface area contributed by atoms with Crippen molar-refractivity contribution >= 4 is 35.1 Å². The van der Waals surface area contributed by atoms with Gasteiger partial charge in [-0.15, -0.1) is 0 Å². The first kappa shape index (κ1) is 16.8. The summed E-state index contributed by atoms with van der Waals surface area (Å²) in [7, 11) is 0. The molecule has 1 aliphatic rings. The number of rotatable bonds is 3. The molecule has 2 atom stereocenters. The van der Waals surface area contributed by atoms with Crippen LogP contribution < -0.4 is 5.32 Å². The average molecular weight is 364 g/mol. The third-order valence-corrected chi connectivity index (χ3v) is 4.53. The summed E-state index contributed by atoms with van der Waals surface area (Å²) in [6.07, 6.45) is -0.490. The second-order valence-corrected chi connectivity index (χ2v) is 6.49. The minimum atomic E-state index is -0.846. The number of amides is 1. The van der Waals surface area contributed by atoms with Crippen molar-refractivity contribution in [3.05, 3.63) is 69.2 Å². The predicted molar refractivity (Wildman–Crippen MR) is 92.4 cm³/mol. The molecule has 0 aliphatic carbocycles. The Balaban J connectivity index is 1.72. The monoisotopic (exact) mass is 363 g/mol. The minimum Gasteiger partial charge on any atom is -0.448 e. The number of fused-ring (bicyclic) bond motifs is 1. The molecule has 1 aliphatic heterocycles. The van der Waals surface area contributed by atoms with Crippen LogP contribution in [0.1, 0.15) is 34.5 Å². The summed E-state index contributed by atoms with van der Waals surface area (Å²) >= 11 is 12.0. The number of esters is 1. The molecule has 0 spiro atoms. The minimum absolute atomic E-state index is 0.335. The number of nitrogens with one attached hydrogen (secondary N) is 1. The van der Waals surface area contributed by atoms with E-state index in [9.17, 15) is 9.59 Å². The number of benzene rings is 2. The lowest BCUT2D eigenvalue weighted by atomic mass is 9.98. The summed E-state index contributed by atoms with van der Waals surface area (Å²) in [4.78, 5) is 24.5. The van der Waals surface area contributed by atoms with Crippen molar-refractivity contribution in [1.29, 1.82) is 0 Å².